The van der Waals surface area contributed by atoms with Crippen LogP contribution in [-0.4, -0.2) is 40.2 Å². The van der Waals surface area contributed by atoms with Gasteiger partial charge in [0, 0.05) is 21.3 Å². The van der Waals surface area contributed by atoms with Crippen LogP contribution in [-0.2, 0) is 30.8 Å². The molecule has 0 aliphatic carbocycles. The van der Waals surface area contributed by atoms with Crippen molar-refractivity contribution in [1.82, 2.24) is 0 Å². The van der Waals surface area contributed by atoms with E-state index >= 15 is 0 Å². The Morgan fingerprint density at radius 3 is 1.90 bits per heavy atom. The molecule has 1 aromatic rings. The molecule has 1 aromatic carbocycles. The van der Waals surface area contributed by atoms with E-state index < -0.39 is 8.56 Å². The summed E-state index contributed by atoms with van der Waals surface area (Å²) in [6.45, 7) is 13.0. The van der Waals surface area contributed by atoms with Crippen molar-refractivity contribution in [2.75, 3.05) is 21.3 Å². The van der Waals surface area contributed by atoms with Gasteiger partial charge >= 0.3 is 8.56 Å². The molecule has 5 heteroatoms. The van der Waals surface area contributed by atoms with Crippen LogP contribution in [0.2, 0.25) is 6.04 Å². The molecule has 30 heavy (non-hydrogen) atoms. The van der Waals surface area contributed by atoms with Gasteiger partial charge in [-0.25, -0.2) is 0 Å². The van der Waals surface area contributed by atoms with Crippen molar-refractivity contribution in [1.29, 1.82) is 0 Å². The van der Waals surface area contributed by atoms with Crippen molar-refractivity contribution in [3.63, 3.8) is 0 Å². The lowest BCUT2D eigenvalue weighted by molar-refractivity contribution is -0.0156. The summed E-state index contributed by atoms with van der Waals surface area (Å²) in [5, 5.41) is 10.7. The molecule has 1 saturated heterocycles. The summed E-state index contributed by atoms with van der Waals surface area (Å²) < 4.78 is 18.2. The van der Waals surface area contributed by atoms with Crippen LogP contribution < -0.4 is 0 Å². The zero-order chi connectivity index (χ0) is 22.8. The highest BCUT2D eigenvalue weighted by molar-refractivity contribution is 6.70. The average molecular weight is 437 g/mol. The second-order valence-corrected chi connectivity index (χ2v) is 14.7. The Labute approximate surface area is 185 Å². The van der Waals surface area contributed by atoms with Gasteiger partial charge < -0.3 is 18.7 Å². The number of phenols is 1. The molecule has 1 fully saturated rings. The average Bonchev–Trinajstić information content (AvgIpc) is 2.67. The smallest absolute Gasteiger partial charge is 0.370 e. The van der Waals surface area contributed by atoms with Gasteiger partial charge in [0.15, 0.2) is 0 Å². The Hall–Kier alpha value is -0.883. The minimum atomic E-state index is -2.40. The van der Waals surface area contributed by atoms with E-state index in [-0.39, 0.29) is 16.1 Å². The van der Waals surface area contributed by atoms with Crippen molar-refractivity contribution >= 4 is 8.56 Å². The van der Waals surface area contributed by atoms with Gasteiger partial charge in [-0.1, -0.05) is 66.5 Å². The number of benzene rings is 1. The van der Waals surface area contributed by atoms with Crippen LogP contribution in [0.3, 0.4) is 0 Å². The first-order valence-electron chi connectivity index (χ1n) is 11.4. The zero-order valence-electron chi connectivity index (χ0n) is 20.8. The number of aryl methyl sites for hydroxylation is 1. The third-order valence-electron chi connectivity index (χ3n) is 6.91. The van der Waals surface area contributed by atoms with Gasteiger partial charge in [-0.3, -0.25) is 0 Å². The molecular formula is C25H44O4Si. The van der Waals surface area contributed by atoms with E-state index in [0.717, 1.165) is 55.7 Å². The molecule has 0 amide bonds. The molecule has 1 aliphatic heterocycles. The van der Waals surface area contributed by atoms with Crippen molar-refractivity contribution in [3.8, 4) is 5.75 Å². The molecule has 2 rings (SSSR count). The molecule has 0 aromatic heterocycles. The highest BCUT2D eigenvalue weighted by Gasteiger charge is 2.58. The first-order valence-corrected chi connectivity index (χ1v) is 13.4. The molecule has 0 bridgehead atoms. The van der Waals surface area contributed by atoms with Crippen LogP contribution in [0.15, 0.2) is 12.1 Å². The Bertz CT molecular complexity index is 678. The van der Waals surface area contributed by atoms with E-state index in [4.69, 9.17) is 13.6 Å². The van der Waals surface area contributed by atoms with E-state index in [9.17, 15) is 5.11 Å². The maximum absolute atomic E-state index is 11.0. The lowest BCUT2D eigenvalue weighted by Gasteiger charge is -2.48. The second-order valence-electron chi connectivity index (χ2n) is 11.0. The zero-order valence-corrected chi connectivity index (χ0v) is 21.8. The minimum Gasteiger partial charge on any atom is -0.507 e. The second kappa shape index (κ2) is 9.31. The third-order valence-corrected chi connectivity index (χ3v) is 11.3. The summed E-state index contributed by atoms with van der Waals surface area (Å²) in [6, 6.07) is 5.39. The van der Waals surface area contributed by atoms with Gasteiger partial charge in [0.1, 0.15) is 11.0 Å². The highest BCUT2D eigenvalue weighted by Crippen LogP contribution is 2.44. The van der Waals surface area contributed by atoms with Crippen molar-refractivity contribution in [2.24, 2.45) is 0 Å². The van der Waals surface area contributed by atoms with E-state index in [2.05, 4.69) is 53.7 Å². The predicted molar refractivity (Wildman–Crippen MR) is 127 cm³/mol. The molecule has 1 aliphatic rings. The number of hydrogen-bond donors (Lipinski definition) is 1. The largest absolute Gasteiger partial charge is 0.507 e. The molecule has 4 nitrogen and oxygen atoms in total. The van der Waals surface area contributed by atoms with E-state index in [1.165, 1.54) is 5.56 Å². The van der Waals surface area contributed by atoms with E-state index in [1.807, 2.05) is 7.11 Å². The number of ether oxygens (including phenoxy) is 1. The van der Waals surface area contributed by atoms with Crippen LogP contribution in [0.1, 0.15) is 90.3 Å². The molecule has 0 saturated carbocycles. The minimum absolute atomic E-state index is 0.106. The Kier molecular flexibility index (Phi) is 7.88. The Morgan fingerprint density at radius 1 is 0.933 bits per heavy atom. The van der Waals surface area contributed by atoms with Crippen LogP contribution in [0.5, 0.6) is 5.75 Å². The molecular weight excluding hydrogens is 392 g/mol. The number of methoxy groups -OCH3 is 1. The third kappa shape index (κ3) is 4.95. The fraction of sp³-hybridized carbons (Fsp3) is 0.760. The Morgan fingerprint density at radius 2 is 1.47 bits per heavy atom. The summed E-state index contributed by atoms with van der Waals surface area (Å²) in [4.78, 5) is 0. The molecule has 1 atom stereocenters. The molecule has 1 N–H and O–H groups in total. The number of phenolic OH excluding ortho intramolecular Hbond substituents is 1. The fourth-order valence-corrected chi connectivity index (χ4v) is 9.00. The normalized spacial score (nSPS) is 22.3. The van der Waals surface area contributed by atoms with Crippen LogP contribution in [0.25, 0.3) is 0 Å². The molecule has 0 radical (unpaired) electrons. The van der Waals surface area contributed by atoms with E-state index in [0.29, 0.717) is 5.75 Å². The summed E-state index contributed by atoms with van der Waals surface area (Å²) in [6.07, 6.45) is 6.22. The number of hydrogen-bond acceptors (Lipinski definition) is 4. The molecule has 172 valence electrons. The first kappa shape index (κ1) is 25.4. The van der Waals surface area contributed by atoms with Crippen LogP contribution in [0.4, 0.5) is 0 Å². The quantitative estimate of drug-likeness (QED) is 0.521. The number of aromatic hydroxyl groups is 1. The van der Waals surface area contributed by atoms with Gasteiger partial charge in [0.05, 0.1) is 0 Å². The SMILES string of the molecule is COC1(CCCc2cc(C(C)(C)C)c(O)c(C(C)(C)C)c2)CCCC[Si]1(OC)OC. The standard InChI is InChI=1S/C25H44O4Si/c1-23(2,3)20-17-19(18-21(22(20)26)24(4,5)6)13-12-15-25(27-7)14-10-11-16-30(25,28-8)29-9/h17-18,26H,10-16H2,1-9H3. The molecule has 0 spiro atoms. The van der Waals surface area contributed by atoms with Gasteiger partial charge in [0.25, 0.3) is 0 Å². The fourth-order valence-electron chi connectivity index (χ4n) is 5.08. The lowest BCUT2D eigenvalue weighted by Crippen LogP contribution is -2.64. The van der Waals surface area contributed by atoms with Gasteiger partial charge in [0.2, 0.25) is 0 Å². The van der Waals surface area contributed by atoms with Crippen LogP contribution in [0, 0.1) is 0 Å². The highest BCUT2D eigenvalue weighted by atomic mass is 28.4. The van der Waals surface area contributed by atoms with Crippen LogP contribution >= 0.6 is 0 Å². The van der Waals surface area contributed by atoms with Gasteiger partial charge in [-0.05, 0) is 59.2 Å². The maximum Gasteiger partial charge on any atom is 0.370 e. The summed E-state index contributed by atoms with van der Waals surface area (Å²) in [5.74, 6) is 0.449. The summed E-state index contributed by atoms with van der Waals surface area (Å²) in [5.41, 5.74) is 3.13. The lowest BCUT2D eigenvalue weighted by atomic mass is 9.78. The molecule has 1 heterocycles. The predicted octanol–water partition coefficient (Wildman–Crippen LogP) is 6.15. The first-order chi connectivity index (χ1) is 13.9. The Balaban J connectivity index is 2.30. The topological polar surface area (TPSA) is 47.9 Å². The van der Waals surface area contributed by atoms with E-state index in [1.54, 1.807) is 14.2 Å². The summed E-state index contributed by atoms with van der Waals surface area (Å²) >= 11 is 0. The van der Waals surface area contributed by atoms with Crippen molar-refractivity contribution < 1.29 is 18.7 Å². The monoisotopic (exact) mass is 436 g/mol. The van der Waals surface area contributed by atoms with Gasteiger partial charge in [-0.15, -0.1) is 0 Å². The molecule has 1 unspecified atom stereocenters. The maximum atomic E-state index is 11.0. The van der Waals surface area contributed by atoms with Gasteiger partial charge in [-0.2, -0.15) is 0 Å². The summed E-state index contributed by atoms with van der Waals surface area (Å²) in [7, 11) is 3.00. The van der Waals surface area contributed by atoms with Crippen molar-refractivity contribution in [2.45, 2.75) is 102 Å². The van der Waals surface area contributed by atoms with Crippen molar-refractivity contribution in [3.05, 3.63) is 28.8 Å². The number of rotatable bonds is 7.